The van der Waals surface area contributed by atoms with Gasteiger partial charge in [0.2, 0.25) is 5.79 Å². The molecule has 1 aliphatic heterocycles. The number of carbonyl (C=O) groups is 1. The fraction of sp³-hybridized carbons (Fsp3) is 0.933. The standard InChI is InChI=1S/C15H22O3/c1-13-10-11-6-5-9-15(11,13)12(16)17-14(18-13)7-3-2-4-8-14/h11H,2-10H2,1H3/t11-,13-,15-/m0/s1. The minimum Gasteiger partial charge on any atom is -0.433 e. The summed E-state index contributed by atoms with van der Waals surface area (Å²) in [5.41, 5.74) is -0.517. The van der Waals surface area contributed by atoms with Gasteiger partial charge in [0.25, 0.3) is 0 Å². The predicted octanol–water partition coefficient (Wildman–Crippen LogP) is 3.17. The van der Waals surface area contributed by atoms with E-state index in [-0.39, 0.29) is 17.0 Å². The monoisotopic (exact) mass is 250 g/mol. The molecule has 3 heteroatoms. The average Bonchev–Trinajstić information content (AvgIpc) is 2.67. The van der Waals surface area contributed by atoms with Crippen molar-refractivity contribution in [2.45, 2.75) is 76.1 Å². The highest BCUT2D eigenvalue weighted by Gasteiger charge is 2.75. The second-order valence-corrected chi connectivity index (χ2v) is 6.96. The van der Waals surface area contributed by atoms with Crippen molar-refractivity contribution in [3.63, 3.8) is 0 Å². The molecule has 0 radical (unpaired) electrons. The zero-order valence-corrected chi connectivity index (χ0v) is 11.2. The van der Waals surface area contributed by atoms with Crippen LogP contribution in [-0.4, -0.2) is 17.4 Å². The molecule has 18 heavy (non-hydrogen) atoms. The van der Waals surface area contributed by atoms with Crippen molar-refractivity contribution >= 4 is 5.97 Å². The zero-order chi connectivity index (χ0) is 12.4. The second kappa shape index (κ2) is 3.30. The minimum absolute atomic E-state index is 0.0619. The summed E-state index contributed by atoms with van der Waals surface area (Å²) < 4.78 is 12.3. The quantitative estimate of drug-likeness (QED) is 0.619. The normalized spacial score (nSPS) is 49.2. The van der Waals surface area contributed by atoms with E-state index in [0.717, 1.165) is 44.9 Å². The molecule has 0 bridgehead atoms. The smallest absolute Gasteiger partial charge is 0.317 e. The van der Waals surface area contributed by atoms with Crippen LogP contribution in [0.1, 0.15) is 64.7 Å². The third kappa shape index (κ3) is 1.13. The van der Waals surface area contributed by atoms with Gasteiger partial charge >= 0.3 is 5.97 Å². The highest BCUT2D eigenvalue weighted by molar-refractivity contribution is 5.82. The van der Waals surface area contributed by atoms with Gasteiger partial charge in [0.05, 0.1) is 11.0 Å². The lowest BCUT2D eigenvalue weighted by Crippen LogP contribution is -2.72. The first-order chi connectivity index (χ1) is 8.60. The fourth-order valence-electron chi connectivity index (χ4n) is 5.17. The minimum atomic E-state index is -0.567. The van der Waals surface area contributed by atoms with E-state index in [2.05, 4.69) is 6.92 Å². The topological polar surface area (TPSA) is 35.5 Å². The molecule has 3 nitrogen and oxygen atoms in total. The SMILES string of the molecule is C[C@]12C[C@@H]3CCC[C@@]31C(=O)OC1(CCCCC1)O2. The van der Waals surface area contributed by atoms with E-state index in [4.69, 9.17) is 9.47 Å². The second-order valence-electron chi connectivity index (χ2n) is 6.96. The first-order valence-corrected chi connectivity index (χ1v) is 7.54. The molecule has 0 amide bonds. The van der Waals surface area contributed by atoms with E-state index in [0.29, 0.717) is 5.92 Å². The Balaban J connectivity index is 1.68. The van der Waals surface area contributed by atoms with Crippen LogP contribution in [0.25, 0.3) is 0 Å². The molecule has 4 fully saturated rings. The maximum absolute atomic E-state index is 12.6. The van der Waals surface area contributed by atoms with Gasteiger partial charge in [-0.3, -0.25) is 4.79 Å². The van der Waals surface area contributed by atoms with Gasteiger partial charge in [-0.15, -0.1) is 0 Å². The zero-order valence-electron chi connectivity index (χ0n) is 11.2. The van der Waals surface area contributed by atoms with Crippen LogP contribution in [0.4, 0.5) is 0 Å². The van der Waals surface area contributed by atoms with E-state index in [1.807, 2.05) is 0 Å². The number of hydrogen-bond donors (Lipinski definition) is 0. The highest BCUT2D eigenvalue weighted by Crippen LogP contribution is 2.69. The Labute approximate surface area is 108 Å². The molecule has 4 rings (SSSR count). The molecule has 1 saturated heterocycles. The van der Waals surface area contributed by atoms with Crippen molar-refractivity contribution < 1.29 is 14.3 Å². The Morgan fingerprint density at radius 2 is 1.89 bits per heavy atom. The number of ether oxygens (including phenoxy) is 2. The molecule has 3 aliphatic carbocycles. The Hall–Kier alpha value is -0.570. The molecule has 0 aromatic rings. The first-order valence-electron chi connectivity index (χ1n) is 7.54. The summed E-state index contributed by atoms with van der Waals surface area (Å²) in [6.07, 6.45) is 9.66. The Kier molecular flexibility index (Phi) is 2.07. The van der Waals surface area contributed by atoms with Crippen molar-refractivity contribution in [3.05, 3.63) is 0 Å². The third-order valence-electron chi connectivity index (χ3n) is 6.07. The van der Waals surface area contributed by atoms with Gasteiger partial charge in [0, 0.05) is 12.8 Å². The van der Waals surface area contributed by atoms with Crippen LogP contribution in [0.2, 0.25) is 0 Å². The Morgan fingerprint density at radius 3 is 2.56 bits per heavy atom. The van der Waals surface area contributed by atoms with E-state index in [9.17, 15) is 4.79 Å². The summed E-state index contributed by atoms with van der Waals surface area (Å²) in [7, 11) is 0. The van der Waals surface area contributed by atoms with Crippen LogP contribution in [0, 0.1) is 11.3 Å². The van der Waals surface area contributed by atoms with E-state index in [1.54, 1.807) is 0 Å². The van der Waals surface area contributed by atoms with Crippen LogP contribution in [0.5, 0.6) is 0 Å². The molecular weight excluding hydrogens is 228 g/mol. The molecule has 0 aromatic carbocycles. The highest BCUT2D eigenvalue weighted by atomic mass is 16.7. The molecule has 4 aliphatic rings. The van der Waals surface area contributed by atoms with Crippen LogP contribution >= 0.6 is 0 Å². The molecule has 1 heterocycles. The van der Waals surface area contributed by atoms with Crippen LogP contribution < -0.4 is 0 Å². The van der Waals surface area contributed by atoms with Crippen LogP contribution in [-0.2, 0) is 14.3 Å². The molecule has 100 valence electrons. The predicted molar refractivity (Wildman–Crippen MR) is 65.8 cm³/mol. The Morgan fingerprint density at radius 1 is 1.11 bits per heavy atom. The van der Waals surface area contributed by atoms with Crippen molar-refractivity contribution in [2.24, 2.45) is 11.3 Å². The van der Waals surface area contributed by atoms with Gasteiger partial charge in [-0.2, -0.15) is 0 Å². The van der Waals surface area contributed by atoms with E-state index < -0.39 is 5.79 Å². The number of hydrogen-bond acceptors (Lipinski definition) is 3. The van der Waals surface area contributed by atoms with Gasteiger partial charge < -0.3 is 9.47 Å². The first kappa shape index (κ1) is 11.3. The van der Waals surface area contributed by atoms with Gasteiger partial charge in [0.1, 0.15) is 0 Å². The fourth-order valence-corrected chi connectivity index (χ4v) is 5.17. The molecule has 3 saturated carbocycles. The van der Waals surface area contributed by atoms with Gasteiger partial charge in [-0.05, 0) is 44.9 Å². The number of esters is 1. The Bertz CT molecular complexity index is 399. The number of carbonyl (C=O) groups excluding carboxylic acids is 1. The lowest BCUT2D eigenvalue weighted by atomic mass is 9.51. The largest absolute Gasteiger partial charge is 0.433 e. The third-order valence-corrected chi connectivity index (χ3v) is 6.07. The number of rotatable bonds is 0. The average molecular weight is 250 g/mol. The molecule has 2 spiro atoms. The van der Waals surface area contributed by atoms with Crippen LogP contribution in [0.15, 0.2) is 0 Å². The van der Waals surface area contributed by atoms with Crippen molar-refractivity contribution in [2.75, 3.05) is 0 Å². The summed E-state index contributed by atoms with van der Waals surface area (Å²) in [5, 5.41) is 0. The van der Waals surface area contributed by atoms with E-state index >= 15 is 0 Å². The maximum atomic E-state index is 12.6. The molecule has 3 atom stereocenters. The summed E-state index contributed by atoms with van der Waals surface area (Å²) >= 11 is 0. The molecular formula is C15H22O3. The molecule has 0 unspecified atom stereocenters. The summed E-state index contributed by atoms with van der Waals surface area (Å²) in [6, 6.07) is 0. The van der Waals surface area contributed by atoms with Gasteiger partial charge in [0.15, 0.2) is 0 Å². The molecule has 0 N–H and O–H groups in total. The van der Waals surface area contributed by atoms with E-state index in [1.165, 1.54) is 12.8 Å². The van der Waals surface area contributed by atoms with Crippen molar-refractivity contribution in [1.29, 1.82) is 0 Å². The van der Waals surface area contributed by atoms with Gasteiger partial charge in [-0.1, -0.05) is 12.8 Å². The summed E-state index contributed by atoms with van der Waals surface area (Å²) in [4.78, 5) is 12.6. The summed E-state index contributed by atoms with van der Waals surface area (Å²) in [6.45, 7) is 2.16. The lowest BCUT2D eigenvalue weighted by molar-refractivity contribution is -0.379. The maximum Gasteiger partial charge on any atom is 0.317 e. The van der Waals surface area contributed by atoms with Gasteiger partial charge in [-0.25, -0.2) is 0 Å². The van der Waals surface area contributed by atoms with Crippen molar-refractivity contribution in [1.82, 2.24) is 0 Å². The van der Waals surface area contributed by atoms with Crippen molar-refractivity contribution in [3.8, 4) is 0 Å². The lowest BCUT2D eigenvalue weighted by Gasteiger charge is -2.64. The molecule has 0 aromatic heterocycles. The summed E-state index contributed by atoms with van der Waals surface area (Å²) in [5.74, 6) is 0.0194. The van der Waals surface area contributed by atoms with Crippen LogP contribution in [0.3, 0.4) is 0 Å².